The van der Waals surface area contributed by atoms with Gasteiger partial charge in [-0.1, -0.05) is 6.07 Å². The number of hydrogen-bond acceptors (Lipinski definition) is 6. The Morgan fingerprint density at radius 3 is 2.55 bits per heavy atom. The zero-order valence-corrected chi connectivity index (χ0v) is 17.3. The third kappa shape index (κ3) is 4.79. The Kier molecular flexibility index (Phi) is 6.06. The third-order valence-electron chi connectivity index (χ3n) is 5.29. The zero-order valence-electron chi connectivity index (χ0n) is 17.3. The Bertz CT molecular complexity index is 988. The number of carbonyl (C=O) groups excluding carboxylic acids is 3. The predicted octanol–water partition coefficient (Wildman–Crippen LogP) is 2.94. The van der Waals surface area contributed by atoms with Gasteiger partial charge in [-0.25, -0.2) is 4.79 Å². The number of ether oxygens (including phenoxy) is 3. The normalized spacial score (nSPS) is 17.2. The van der Waals surface area contributed by atoms with E-state index in [1.807, 2.05) is 18.2 Å². The molecule has 4 rings (SSSR count). The number of amides is 2. The van der Waals surface area contributed by atoms with Crippen molar-refractivity contribution in [3.8, 4) is 11.5 Å². The van der Waals surface area contributed by atoms with Gasteiger partial charge in [0.05, 0.1) is 11.6 Å². The second-order valence-electron chi connectivity index (χ2n) is 7.48. The predicted molar refractivity (Wildman–Crippen MR) is 112 cm³/mol. The highest BCUT2D eigenvalue weighted by molar-refractivity contribution is 5.93. The van der Waals surface area contributed by atoms with Crippen molar-refractivity contribution in [2.75, 3.05) is 31.7 Å². The van der Waals surface area contributed by atoms with Crippen LogP contribution in [0, 0.1) is 0 Å². The summed E-state index contributed by atoms with van der Waals surface area (Å²) in [6, 6.07) is 12.0. The van der Waals surface area contributed by atoms with E-state index in [4.69, 9.17) is 14.2 Å². The molecule has 2 heterocycles. The van der Waals surface area contributed by atoms with E-state index >= 15 is 0 Å². The van der Waals surface area contributed by atoms with Crippen LogP contribution in [0.2, 0.25) is 0 Å². The van der Waals surface area contributed by atoms with Crippen molar-refractivity contribution in [2.45, 2.75) is 25.8 Å². The quantitative estimate of drug-likeness (QED) is 0.742. The smallest absolute Gasteiger partial charge is 0.338 e. The lowest BCUT2D eigenvalue weighted by Gasteiger charge is -2.26. The number of hydrogen-bond donors (Lipinski definition) is 1. The van der Waals surface area contributed by atoms with Crippen LogP contribution >= 0.6 is 0 Å². The zero-order chi connectivity index (χ0) is 21.8. The van der Waals surface area contributed by atoms with E-state index in [9.17, 15) is 14.4 Å². The fraction of sp³-hybridized carbons (Fsp3) is 0.348. The number of esters is 1. The molecule has 162 valence electrons. The van der Waals surface area contributed by atoms with E-state index in [-0.39, 0.29) is 24.5 Å². The van der Waals surface area contributed by atoms with Crippen molar-refractivity contribution in [2.24, 2.45) is 0 Å². The number of fused-ring (bicyclic) bond motifs is 1. The first-order valence-corrected chi connectivity index (χ1v) is 10.2. The number of anilines is 1. The number of nitrogens with zero attached hydrogens (tertiary/aromatic N) is 1. The first kappa shape index (κ1) is 20.7. The minimum absolute atomic E-state index is 0.0843. The molecule has 8 nitrogen and oxygen atoms in total. The molecule has 1 atom stereocenters. The van der Waals surface area contributed by atoms with Gasteiger partial charge in [-0.3, -0.25) is 9.59 Å². The largest absolute Gasteiger partial charge is 0.486 e. The summed E-state index contributed by atoms with van der Waals surface area (Å²) in [5, 5.41) is 2.63. The lowest BCUT2D eigenvalue weighted by atomic mass is 10.0. The monoisotopic (exact) mass is 424 g/mol. The van der Waals surface area contributed by atoms with E-state index in [1.54, 1.807) is 29.2 Å². The molecule has 0 bridgehead atoms. The molecule has 8 heteroatoms. The van der Waals surface area contributed by atoms with Gasteiger partial charge in [-0.05, 0) is 54.8 Å². The lowest BCUT2D eigenvalue weighted by molar-refractivity contribution is -0.135. The standard InChI is InChI=1S/C23H24N2O6/c1-15(26)24-18-7-4-16(5-8-18)23(28)31-14-22(27)25-10-2-3-19(25)17-6-9-20-21(13-17)30-12-11-29-20/h4-9,13,19H,2-3,10-12,14H2,1H3,(H,24,26). The summed E-state index contributed by atoms with van der Waals surface area (Å²) >= 11 is 0. The Labute approximate surface area is 180 Å². The Morgan fingerprint density at radius 1 is 1.06 bits per heavy atom. The van der Waals surface area contributed by atoms with Gasteiger partial charge in [-0.15, -0.1) is 0 Å². The number of nitrogens with one attached hydrogen (secondary N) is 1. The van der Waals surface area contributed by atoms with Gasteiger partial charge in [0.15, 0.2) is 18.1 Å². The molecule has 0 saturated carbocycles. The van der Waals surface area contributed by atoms with Crippen LogP contribution in [-0.2, 0) is 14.3 Å². The summed E-state index contributed by atoms with van der Waals surface area (Å²) in [6.45, 7) is 2.73. The molecule has 0 aliphatic carbocycles. The molecular weight excluding hydrogens is 400 g/mol. The maximum absolute atomic E-state index is 12.8. The van der Waals surface area contributed by atoms with Crippen LogP contribution in [0.25, 0.3) is 0 Å². The molecule has 2 aromatic carbocycles. The summed E-state index contributed by atoms with van der Waals surface area (Å²) in [7, 11) is 0. The van der Waals surface area contributed by atoms with Crippen LogP contribution in [-0.4, -0.2) is 49.0 Å². The molecule has 31 heavy (non-hydrogen) atoms. The first-order chi connectivity index (χ1) is 15.0. The molecule has 0 radical (unpaired) electrons. The highest BCUT2D eigenvalue weighted by atomic mass is 16.6. The maximum atomic E-state index is 12.8. The van der Waals surface area contributed by atoms with Gasteiger partial charge in [0.1, 0.15) is 13.2 Å². The average Bonchev–Trinajstić information content (AvgIpc) is 3.27. The molecule has 0 aromatic heterocycles. The average molecular weight is 424 g/mol. The van der Waals surface area contributed by atoms with E-state index in [1.165, 1.54) is 6.92 Å². The SMILES string of the molecule is CC(=O)Nc1ccc(C(=O)OCC(=O)N2CCCC2c2ccc3c(c2)OCCO3)cc1. The lowest BCUT2D eigenvalue weighted by Crippen LogP contribution is -2.34. The van der Waals surface area contributed by atoms with Crippen LogP contribution in [0.4, 0.5) is 5.69 Å². The van der Waals surface area contributed by atoms with E-state index in [2.05, 4.69) is 5.32 Å². The van der Waals surface area contributed by atoms with Crippen LogP contribution in [0.5, 0.6) is 11.5 Å². The number of rotatable bonds is 5. The Morgan fingerprint density at radius 2 is 1.81 bits per heavy atom. The topological polar surface area (TPSA) is 94.2 Å². The van der Waals surface area contributed by atoms with E-state index < -0.39 is 5.97 Å². The highest BCUT2D eigenvalue weighted by Crippen LogP contribution is 2.38. The Hall–Kier alpha value is -3.55. The highest BCUT2D eigenvalue weighted by Gasteiger charge is 2.31. The molecule has 1 unspecified atom stereocenters. The summed E-state index contributed by atoms with van der Waals surface area (Å²) in [6.07, 6.45) is 1.72. The van der Waals surface area contributed by atoms with E-state index in [0.717, 1.165) is 18.4 Å². The first-order valence-electron chi connectivity index (χ1n) is 10.2. The number of benzene rings is 2. The molecule has 2 aromatic rings. The van der Waals surface area contributed by atoms with Gasteiger partial charge < -0.3 is 24.4 Å². The van der Waals surface area contributed by atoms with Gasteiger partial charge in [-0.2, -0.15) is 0 Å². The van der Waals surface area contributed by atoms with E-state index in [0.29, 0.717) is 42.5 Å². The molecule has 2 amide bonds. The second kappa shape index (κ2) is 9.07. The summed E-state index contributed by atoms with van der Waals surface area (Å²) in [5.74, 6) is 0.388. The van der Waals surface area contributed by atoms with Crippen molar-refractivity contribution < 1.29 is 28.6 Å². The molecule has 2 aliphatic rings. The molecule has 1 fully saturated rings. The van der Waals surface area contributed by atoms with Crippen molar-refractivity contribution in [3.05, 3.63) is 53.6 Å². The van der Waals surface area contributed by atoms with Gasteiger partial charge in [0, 0.05) is 19.2 Å². The van der Waals surface area contributed by atoms with Crippen molar-refractivity contribution in [3.63, 3.8) is 0 Å². The molecular formula is C23H24N2O6. The molecule has 2 aliphatic heterocycles. The minimum atomic E-state index is -0.585. The summed E-state index contributed by atoms with van der Waals surface area (Å²) < 4.78 is 16.5. The minimum Gasteiger partial charge on any atom is -0.486 e. The molecule has 1 N–H and O–H groups in total. The van der Waals surface area contributed by atoms with Crippen molar-refractivity contribution in [1.29, 1.82) is 0 Å². The maximum Gasteiger partial charge on any atom is 0.338 e. The fourth-order valence-corrected chi connectivity index (χ4v) is 3.87. The fourth-order valence-electron chi connectivity index (χ4n) is 3.87. The van der Waals surface area contributed by atoms with Crippen LogP contribution in [0.1, 0.15) is 41.7 Å². The van der Waals surface area contributed by atoms with Gasteiger partial charge in [0.25, 0.3) is 5.91 Å². The number of carbonyl (C=O) groups is 3. The second-order valence-corrected chi connectivity index (χ2v) is 7.48. The summed E-state index contributed by atoms with van der Waals surface area (Å²) in [5.41, 5.74) is 1.88. The molecule has 1 saturated heterocycles. The van der Waals surface area contributed by atoms with Crippen molar-refractivity contribution in [1.82, 2.24) is 4.90 Å². The third-order valence-corrected chi connectivity index (χ3v) is 5.29. The van der Waals surface area contributed by atoms with Crippen LogP contribution in [0.3, 0.4) is 0 Å². The Balaban J connectivity index is 1.36. The van der Waals surface area contributed by atoms with Crippen LogP contribution in [0.15, 0.2) is 42.5 Å². The van der Waals surface area contributed by atoms with Crippen molar-refractivity contribution >= 4 is 23.5 Å². The number of likely N-dealkylation sites (tertiary alicyclic amines) is 1. The molecule has 0 spiro atoms. The van der Waals surface area contributed by atoms with Crippen LogP contribution < -0.4 is 14.8 Å². The van der Waals surface area contributed by atoms with Gasteiger partial charge in [0.2, 0.25) is 5.91 Å². The summed E-state index contributed by atoms with van der Waals surface area (Å²) in [4.78, 5) is 37.9. The van der Waals surface area contributed by atoms with Gasteiger partial charge >= 0.3 is 5.97 Å².